The summed E-state index contributed by atoms with van der Waals surface area (Å²) in [5.74, 6) is -0.903. The van der Waals surface area contributed by atoms with E-state index in [1.165, 1.54) is 12.1 Å². The molecule has 0 aliphatic rings. The van der Waals surface area contributed by atoms with Crippen molar-refractivity contribution in [3.63, 3.8) is 0 Å². The predicted molar refractivity (Wildman–Crippen MR) is 106 cm³/mol. The lowest BCUT2D eigenvalue weighted by Crippen LogP contribution is -2.27. The topological polar surface area (TPSA) is 94.5 Å². The van der Waals surface area contributed by atoms with E-state index in [1.54, 1.807) is 24.3 Å². The van der Waals surface area contributed by atoms with Gasteiger partial charge in [-0.15, -0.1) is 0 Å². The van der Waals surface area contributed by atoms with Crippen molar-refractivity contribution in [1.29, 1.82) is 0 Å². The summed E-state index contributed by atoms with van der Waals surface area (Å²) >= 11 is 0. The zero-order valence-corrected chi connectivity index (χ0v) is 17.2. The first-order chi connectivity index (χ1) is 13.3. The van der Waals surface area contributed by atoms with Crippen molar-refractivity contribution in [3.05, 3.63) is 53.3 Å². The summed E-state index contributed by atoms with van der Waals surface area (Å²) in [6, 6.07) is 9.68. The molecule has 0 saturated carbocycles. The van der Waals surface area contributed by atoms with Crippen LogP contribution in [-0.2, 0) is 26.1 Å². The van der Waals surface area contributed by atoms with Gasteiger partial charge in [0, 0.05) is 30.0 Å². The summed E-state index contributed by atoms with van der Waals surface area (Å²) in [5, 5.41) is 0. The van der Waals surface area contributed by atoms with Crippen LogP contribution in [0.15, 0.2) is 41.3 Å². The Labute approximate surface area is 165 Å². The molecular formula is C20H26N2O5S. The normalized spacial score (nSPS) is 11.4. The fraction of sp³-hybridized carbons (Fsp3) is 0.400. The van der Waals surface area contributed by atoms with Crippen molar-refractivity contribution in [3.8, 4) is 0 Å². The second-order valence-electron chi connectivity index (χ2n) is 6.48. The molecule has 0 amide bonds. The van der Waals surface area contributed by atoms with Gasteiger partial charge >= 0.3 is 5.97 Å². The average molecular weight is 407 g/mol. The lowest BCUT2D eigenvalue weighted by atomic mass is 10.1. The number of hydrogen-bond acceptors (Lipinski definition) is 5. The molecule has 2 rings (SSSR count). The second-order valence-corrected chi connectivity index (χ2v) is 8.25. The summed E-state index contributed by atoms with van der Waals surface area (Å²) in [5.41, 5.74) is 2.39. The van der Waals surface area contributed by atoms with Gasteiger partial charge in [0.1, 0.15) is 0 Å². The molecule has 0 atom stereocenters. The number of hydrogen-bond donors (Lipinski definition) is 1. The van der Waals surface area contributed by atoms with Crippen LogP contribution >= 0.6 is 0 Å². The number of rotatable bonds is 10. The first kappa shape index (κ1) is 21.8. The number of ketones is 1. The maximum atomic E-state index is 12.4. The standard InChI is InChI=1S/C20H26N2O5S/c1-4-12-22-15(2)13-18(16(22)3)19(23)14-27-20(24)10-11-21-28(25,26)17-8-6-5-7-9-17/h5-9,13,21H,4,10-12,14H2,1-3H3. The maximum absolute atomic E-state index is 12.4. The number of nitrogens with one attached hydrogen (secondary N) is 1. The van der Waals surface area contributed by atoms with Crippen LogP contribution < -0.4 is 4.72 Å². The summed E-state index contributed by atoms with van der Waals surface area (Å²) < 4.78 is 33.6. The highest BCUT2D eigenvalue weighted by molar-refractivity contribution is 7.89. The number of Topliss-reactive ketones (excluding diaryl/α,β-unsaturated/α-hetero) is 1. The highest BCUT2D eigenvalue weighted by atomic mass is 32.2. The zero-order valence-electron chi connectivity index (χ0n) is 16.4. The van der Waals surface area contributed by atoms with Gasteiger partial charge in [-0.3, -0.25) is 9.59 Å². The lowest BCUT2D eigenvalue weighted by Gasteiger charge is -2.08. The number of carbonyl (C=O) groups is 2. The van der Waals surface area contributed by atoms with E-state index in [0.717, 1.165) is 24.4 Å². The Hall–Kier alpha value is -2.45. The van der Waals surface area contributed by atoms with Crippen molar-refractivity contribution in [1.82, 2.24) is 9.29 Å². The molecule has 0 aliphatic carbocycles. The summed E-state index contributed by atoms with van der Waals surface area (Å²) in [6.45, 7) is 6.23. The van der Waals surface area contributed by atoms with Gasteiger partial charge < -0.3 is 9.30 Å². The number of esters is 1. The van der Waals surface area contributed by atoms with Gasteiger partial charge in [0.25, 0.3) is 0 Å². The van der Waals surface area contributed by atoms with Crippen molar-refractivity contribution in [2.75, 3.05) is 13.2 Å². The third-order valence-electron chi connectivity index (χ3n) is 4.36. The Morgan fingerprint density at radius 3 is 2.46 bits per heavy atom. The van der Waals surface area contributed by atoms with Crippen LogP contribution in [0.3, 0.4) is 0 Å². The molecule has 1 aromatic carbocycles. The molecule has 1 N–H and O–H groups in total. The second kappa shape index (κ2) is 9.66. The first-order valence-corrected chi connectivity index (χ1v) is 10.6. The highest BCUT2D eigenvalue weighted by Crippen LogP contribution is 2.16. The van der Waals surface area contributed by atoms with Crippen LogP contribution in [0.1, 0.15) is 41.5 Å². The largest absolute Gasteiger partial charge is 0.457 e. The van der Waals surface area contributed by atoms with Crippen molar-refractivity contribution >= 4 is 21.8 Å². The van der Waals surface area contributed by atoms with E-state index in [1.807, 2.05) is 13.8 Å². The lowest BCUT2D eigenvalue weighted by molar-refractivity contribution is -0.142. The van der Waals surface area contributed by atoms with Crippen molar-refractivity contribution < 1.29 is 22.7 Å². The van der Waals surface area contributed by atoms with Crippen LogP contribution in [0.25, 0.3) is 0 Å². The van der Waals surface area contributed by atoms with E-state index in [-0.39, 0.29) is 30.3 Å². The van der Waals surface area contributed by atoms with Gasteiger partial charge in [-0.05, 0) is 38.5 Å². The number of aromatic nitrogens is 1. The minimum absolute atomic E-state index is 0.102. The summed E-state index contributed by atoms with van der Waals surface area (Å²) in [6.07, 6.45) is 0.798. The third kappa shape index (κ3) is 5.53. The number of aryl methyl sites for hydroxylation is 1. The number of ether oxygens (including phenoxy) is 1. The van der Waals surface area contributed by atoms with Crippen LogP contribution in [0.2, 0.25) is 0 Å². The highest BCUT2D eigenvalue weighted by Gasteiger charge is 2.18. The molecule has 1 aromatic heterocycles. The molecule has 0 fully saturated rings. The molecule has 2 aromatic rings. The summed E-state index contributed by atoms with van der Waals surface area (Å²) in [4.78, 5) is 24.3. The fourth-order valence-corrected chi connectivity index (χ4v) is 3.97. The monoisotopic (exact) mass is 406 g/mol. The number of benzene rings is 1. The maximum Gasteiger partial charge on any atom is 0.307 e. The predicted octanol–water partition coefficient (Wildman–Crippen LogP) is 2.61. The van der Waals surface area contributed by atoms with Crippen LogP contribution in [0, 0.1) is 13.8 Å². The average Bonchev–Trinajstić information content (AvgIpc) is 2.95. The first-order valence-electron chi connectivity index (χ1n) is 9.16. The van der Waals surface area contributed by atoms with Crippen molar-refractivity contribution in [2.45, 2.75) is 45.1 Å². The molecule has 7 nitrogen and oxygen atoms in total. The fourth-order valence-electron chi connectivity index (χ4n) is 2.92. The molecule has 0 spiro atoms. The molecule has 1 heterocycles. The number of sulfonamides is 1. The summed E-state index contributed by atoms with van der Waals surface area (Å²) in [7, 11) is -3.67. The van der Waals surface area contributed by atoms with E-state index >= 15 is 0 Å². The zero-order chi connectivity index (χ0) is 20.7. The van der Waals surface area contributed by atoms with Gasteiger partial charge in [-0.2, -0.15) is 0 Å². The smallest absolute Gasteiger partial charge is 0.307 e. The van der Waals surface area contributed by atoms with E-state index in [4.69, 9.17) is 4.74 Å². The SMILES string of the molecule is CCCn1c(C)cc(C(=O)COC(=O)CCNS(=O)(=O)c2ccccc2)c1C. The molecule has 28 heavy (non-hydrogen) atoms. The Balaban J connectivity index is 1.83. The Morgan fingerprint density at radius 2 is 1.82 bits per heavy atom. The quantitative estimate of drug-likeness (QED) is 0.483. The molecule has 0 bridgehead atoms. The van der Waals surface area contributed by atoms with Crippen LogP contribution in [-0.4, -0.2) is 37.9 Å². The van der Waals surface area contributed by atoms with Crippen molar-refractivity contribution in [2.24, 2.45) is 0 Å². The number of nitrogens with zero attached hydrogens (tertiary/aromatic N) is 1. The molecule has 0 radical (unpaired) electrons. The van der Waals surface area contributed by atoms with Gasteiger partial charge in [-0.1, -0.05) is 25.1 Å². The minimum atomic E-state index is -3.67. The van der Waals surface area contributed by atoms with E-state index < -0.39 is 16.0 Å². The van der Waals surface area contributed by atoms with E-state index in [0.29, 0.717) is 5.56 Å². The van der Waals surface area contributed by atoms with Crippen LogP contribution in [0.4, 0.5) is 0 Å². The molecule has 8 heteroatoms. The van der Waals surface area contributed by atoms with E-state index in [9.17, 15) is 18.0 Å². The van der Waals surface area contributed by atoms with Gasteiger partial charge in [0.05, 0.1) is 11.3 Å². The number of carbonyl (C=O) groups excluding carboxylic acids is 2. The molecule has 0 aliphatic heterocycles. The van der Waals surface area contributed by atoms with Gasteiger partial charge in [0.2, 0.25) is 15.8 Å². The third-order valence-corrected chi connectivity index (χ3v) is 5.84. The molecule has 0 saturated heterocycles. The Bertz CT molecular complexity index is 933. The van der Waals surface area contributed by atoms with Gasteiger partial charge in [-0.25, -0.2) is 13.1 Å². The Kier molecular flexibility index (Phi) is 7.53. The molecule has 152 valence electrons. The van der Waals surface area contributed by atoms with Gasteiger partial charge in [0.15, 0.2) is 6.61 Å². The molecule has 0 unspecified atom stereocenters. The Morgan fingerprint density at radius 1 is 1.14 bits per heavy atom. The minimum Gasteiger partial charge on any atom is -0.457 e. The molecular weight excluding hydrogens is 380 g/mol. The van der Waals surface area contributed by atoms with Crippen LogP contribution in [0.5, 0.6) is 0 Å². The van der Waals surface area contributed by atoms with E-state index in [2.05, 4.69) is 16.2 Å².